The van der Waals surface area contributed by atoms with Crippen molar-refractivity contribution in [1.82, 2.24) is 9.55 Å². The molecule has 0 saturated carbocycles. The van der Waals surface area contributed by atoms with Crippen LogP contribution in [-0.4, -0.2) is 9.55 Å². The highest BCUT2D eigenvalue weighted by molar-refractivity contribution is 5.23. The van der Waals surface area contributed by atoms with Gasteiger partial charge in [-0.25, -0.2) is 4.98 Å². The van der Waals surface area contributed by atoms with Gasteiger partial charge in [0.25, 0.3) is 0 Å². The van der Waals surface area contributed by atoms with Gasteiger partial charge in [0.15, 0.2) is 0 Å². The van der Waals surface area contributed by atoms with Gasteiger partial charge in [-0.15, -0.1) is 26.3 Å². The zero-order valence-corrected chi connectivity index (χ0v) is 10.4. The van der Waals surface area contributed by atoms with Crippen molar-refractivity contribution in [3.05, 3.63) is 67.8 Å². The van der Waals surface area contributed by atoms with Crippen molar-refractivity contribution >= 4 is 0 Å². The maximum atomic E-state index is 4.65. The standard InChI is InChI=1S/C15H20N2/c1-5-9-13-14(10-6-2)17(12-8-4)15(16-13)11-7-3/h5-8H,1-4,9-12H2. The summed E-state index contributed by atoms with van der Waals surface area (Å²) in [5, 5.41) is 0. The third-order valence-corrected chi connectivity index (χ3v) is 2.55. The van der Waals surface area contributed by atoms with Crippen LogP contribution < -0.4 is 0 Å². The summed E-state index contributed by atoms with van der Waals surface area (Å²) < 4.78 is 2.19. The maximum absolute atomic E-state index is 4.65. The molecule has 0 saturated heterocycles. The Bertz CT molecular complexity index is 386. The van der Waals surface area contributed by atoms with Gasteiger partial charge in [-0.3, -0.25) is 0 Å². The van der Waals surface area contributed by atoms with Crippen molar-refractivity contribution in [1.29, 1.82) is 0 Å². The van der Waals surface area contributed by atoms with Crippen LogP contribution in [0.1, 0.15) is 17.2 Å². The van der Waals surface area contributed by atoms with Crippen LogP contribution in [-0.2, 0) is 25.8 Å². The Kier molecular flexibility index (Phi) is 5.21. The summed E-state index contributed by atoms with van der Waals surface area (Å²) in [4.78, 5) is 4.65. The van der Waals surface area contributed by atoms with Gasteiger partial charge < -0.3 is 4.57 Å². The third kappa shape index (κ3) is 3.06. The van der Waals surface area contributed by atoms with Crippen LogP contribution in [0.25, 0.3) is 0 Å². The third-order valence-electron chi connectivity index (χ3n) is 2.55. The average molecular weight is 228 g/mol. The van der Waals surface area contributed by atoms with Crippen LogP contribution >= 0.6 is 0 Å². The molecule has 0 fully saturated rings. The summed E-state index contributed by atoms with van der Waals surface area (Å²) in [6.07, 6.45) is 9.93. The molecule has 2 heteroatoms. The van der Waals surface area contributed by atoms with Gasteiger partial charge in [-0.05, 0) is 0 Å². The molecule has 0 atom stereocenters. The lowest BCUT2D eigenvalue weighted by Gasteiger charge is -2.08. The van der Waals surface area contributed by atoms with Crippen LogP contribution in [0.15, 0.2) is 50.6 Å². The van der Waals surface area contributed by atoms with E-state index in [9.17, 15) is 0 Å². The van der Waals surface area contributed by atoms with E-state index in [4.69, 9.17) is 0 Å². The largest absolute Gasteiger partial charge is 0.327 e. The number of rotatable bonds is 8. The second-order valence-corrected chi connectivity index (χ2v) is 3.80. The first-order chi connectivity index (χ1) is 8.28. The van der Waals surface area contributed by atoms with E-state index in [1.54, 1.807) is 0 Å². The number of nitrogens with zero attached hydrogens (tertiary/aromatic N) is 2. The van der Waals surface area contributed by atoms with Crippen LogP contribution in [0.4, 0.5) is 0 Å². The summed E-state index contributed by atoms with van der Waals surface area (Å²) in [6.45, 7) is 15.9. The van der Waals surface area contributed by atoms with Gasteiger partial charge in [-0.2, -0.15) is 0 Å². The number of allylic oxidation sites excluding steroid dienone is 4. The van der Waals surface area contributed by atoms with Gasteiger partial charge in [0.05, 0.1) is 5.69 Å². The molecule has 1 heterocycles. The maximum Gasteiger partial charge on any atom is 0.113 e. The second-order valence-electron chi connectivity index (χ2n) is 3.80. The number of hydrogen-bond donors (Lipinski definition) is 0. The predicted molar refractivity (Wildman–Crippen MR) is 74.1 cm³/mol. The Balaban J connectivity index is 3.24. The molecule has 1 rings (SSSR count). The minimum absolute atomic E-state index is 0.773. The first kappa shape index (κ1) is 13.2. The molecule has 0 amide bonds. The number of hydrogen-bond acceptors (Lipinski definition) is 1. The van der Waals surface area contributed by atoms with Crippen molar-refractivity contribution in [2.75, 3.05) is 0 Å². The zero-order chi connectivity index (χ0) is 12.7. The minimum atomic E-state index is 0.773. The van der Waals surface area contributed by atoms with Gasteiger partial charge in [0, 0.05) is 31.5 Å². The monoisotopic (exact) mass is 228 g/mol. The molecule has 0 aliphatic heterocycles. The predicted octanol–water partition coefficient (Wildman–Crippen LogP) is 3.25. The lowest BCUT2D eigenvalue weighted by Crippen LogP contribution is -2.06. The van der Waals surface area contributed by atoms with E-state index in [-0.39, 0.29) is 0 Å². The van der Waals surface area contributed by atoms with Crippen LogP contribution in [0.2, 0.25) is 0 Å². The van der Waals surface area contributed by atoms with Crippen LogP contribution in [0, 0.1) is 0 Å². The second kappa shape index (κ2) is 6.69. The minimum Gasteiger partial charge on any atom is -0.327 e. The van der Waals surface area contributed by atoms with Gasteiger partial charge in [-0.1, -0.05) is 24.3 Å². The topological polar surface area (TPSA) is 17.8 Å². The van der Waals surface area contributed by atoms with E-state index in [1.165, 1.54) is 5.69 Å². The van der Waals surface area contributed by atoms with Crippen molar-refractivity contribution < 1.29 is 0 Å². The number of aromatic nitrogens is 2. The molecular formula is C15H20N2. The lowest BCUT2D eigenvalue weighted by atomic mass is 10.2. The van der Waals surface area contributed by atoms with Gasteiger partial charge in [0.1, 0.15) is 5.82 Å². The Morgan fingerprint density at radius 1 is 0.882 bits per heavy atom. The normalized spacial score (nSPS) is 9.88. The van der Waals surface area contributed by atoms with E-state index in [1.807, 2.05) is 24.3 Å². The van der Waals surface area contributed by atoms with E-state index < -0.39 is 0 Å². The molecule has 2 nitrogen and oxygen atoms in total. The molecule has 1 aromatic heterocycles. The number of imidazole rings is 1. The van der Waals surface area contributed by atoms with E-state index in [0.29, 0.717) is 0 Å². The molecule has 17 heavy (non-hydrogen) atoms. The smallest absolute Gasteiger partial charge is 0.113 e. The SMILES string of the molecule is C=CCc1nc(CC=C)n(CC=C)c1CC=C. The first-order valence-corrected chi connectivity index (χ1v) is 5.79. The average Bonchev–Trinajstić information content (AvgIpc) is 2.61. The summed E-state index contributed by atoms with van der Waals surface area (Å²) in [5.74, 6) is 1.04. The fraction of sp³-hybridized carbons (Fsp3) is 0.267. The van der Waals surface area contributed by atoms with E-state index in [0.717, 1.165) is 37.3 Å². The molecule has 0 spiro atoms. The molecule has 1 aromatic rings. The van der Waals surface area contributed by atoms with Crippen molar-refractivity contribution in [2.24, 2.45) is 0 Å². The molecule has 0 unspecified atom stereocenters. The lowest BCUT2D eigenvalue weighted by molar-refractivity contribution is 0.729. The Labute approximate surface area is 104 Å². The molecule has 0 bridgehead atoms. The van der Waals surface area contributed by atoms with Crippen molar-refractivity contribution in [3.63, 3.8) is 0 Å². The molecule has 0 aliphatic rings. The summed E-state index contributed by atoms with van der Waals surface area (Å²) in [7, 11) is 0. The van der Waals surface area contributed by atoms with Crippen LogP contribution in [0.3, 0.4) is 0 Å². The molecule has 0 N–H and O–H groups in total. The van der Waals surface area contributed by atoms with E-state index >= 15 is 0 Å². The molecule has 0 radical (unpaired) electrons. The molecule has 90 valence electrons. The fourth-order valence-corrected chi connectivity index (χ4v) is 1.89. The van der Waals surface area contributed by atoms with Gasteiger partial charge >= 0.3 is 0 Å². The summed E-state index contributed by atoms with van der Waals surface area (Å²) >= 11 is 0. The highest BCUT2D eigenvalue weighted by Crippen LogP contribution is 2.16. The molecule has 0 aromatic carbocycles. The van der Waals surface area contributed by atoms with E-state index in [2.05, 4.69) is 35.9 Å². The summed E-state index contributed by atoms with van der Waals surface area (Å²) in [6, 6.07) is 0. The highest BCUT2D eigenvalue weighted by Gasteiger charge is 2.13. The van der Waals surface area contributed by atoms with Crippen LogP contribution in [0.5, 0.6) is 0 Å². The van der Waals surface area contributed by atoms with Gasteiger partial charge in [0.2, 0.25) is 0 Å². The summed E-state index contributed by atoms with van der Waals surface area (Å²) in [5.41, 5.74) is 2.29. The highest BCUT2D eigenvalue weighted by atomic mass is 15.1. The molecule has 0 aliphatic carbocycles. The Morgan fingerprint density at radius 2 is 1.53 bits per heavy atom. The van der Waals surface area contributed by atoms with Crippen molar-refractivity contribution in [2.45, 2.75) is 25.8 Å². The van der Waals surface area contributed by atoms with Crippen molar-refractivity contribution in [3.8, 4) is 0 Å². The zero-order valence-electron chi connectivity index (χ0n) is 10.4. The quantitative estimate of drug-likeness (QED) is 0.624. The fourth-order valence-electron chi connectivity index (χ4n) is 1.89. The molecular weight excluding hydrogens is 208 g/mol. The Morgan fingerprint density at radius 3 is 2.06 bits per heavy atom. The Hall–Kier alpha value is -1.83. The first-order valence-electron chi connectivity index (χ1n) is 5.79.